The summed E-state index contributed by atoms with van der Waals surface area (Å²) in [6.45, 7) is 1.54. The van der Waals surface area contributed by atoms with Crippen molar-refractivity contribution in [2.45, 2.75) is 25.8 Å². The van der Waals surface area contributed by atoms with Crippen LogP contribution in [0.2, 0.25) is 0 Å². The molecule has 0 radical (unpaired) electrons. The van der Waals surface area contributed by atoms with Gasteiger partial charge in [0.15, 0.2) is 0 Å². The van der Waals surface area contributed by atoms with Gasteiger partial charge in [-0.1, -0.05) is 0 Å². The maximum absolute atomic E-state index is 11.2. The monoisotopic (exact) mass is 245 g/mol. The number of nitrogens with one attached hydrogen (secondary N) is 1. The molecule has 4 nitrogen and oxygen atoms in total. The van der Waals surface area contributed by atoms with E-state index < -0.39 is 0 Å². The van der Waals surface area contributed by atoms with Gasteiger partial charge in [0, 0.05) is 29.5 Å². The van der Waals surface area contributed by atoms with E-state index in [2.05, 4.69) is 5.32 Å². The molecule has 0 bridgehead atoms. The summed E-state index contributed by atoms with van der Waals surface area (Å²) in [5, 5.41) is 4.12. The summed E-state index contributed by atoms with van der Waals surface area (Å²) in [5.41, 5.74) is 3.16. The molecule has 0 aliphatic heterocycles. The van der Waals surface area contributed by atoms with Crippen LogP contribution in [0.25, 0.3) is 11.0 Å². The maximum atomic E-state index is 11.2. The molecule has 0 spiro atoms. The molecule has 1 unspecified atom stereocenters. The zero-order valence-electron chi connectivity index (χ0n) is 10.4. The molecule has 1 aliphatic carbocycles. The Bertz CT molecular complexity index is 615. The second-order valence-corrected chi connectivity index (χ2v) is 4.69. The normalized spacial score (nSPS) is 17.8. The standard InChI is InChI=1S/C14H15NO3/c1-8(16)15-10-5-9-7-18-13-4-3-12(17-2)11(6-10)14(9)13/h3-4,7,10H,5-6H2,1-2H3,(H,15,16). The van der Waals surface area contributed by atoms with Crippen LogP contribution in [0.3, 0.4) is 0 Å². The average molecular weight is 245 g/mol. The van der Waals surface area contributed by atoms with Crippen molar-refractivity contribution in [3.05, 3.63) is 29.5 Å². The number of carbonyl (C=O) groups excluding carboxylic acids is 1. The third kappa shape index (κ3) is 1.65. The Morgan fingerprint density at radius 1 is 1.44 bits per heavy atom. The largest absolute Gasteiger partial charge is 0.496 e. The van der Waals surface area contributed by atoms with Crippen LogP contribution in [0.15, 0.2) is 22.8 Å². The quantitative estimate of drug-likeness (QED) is 0.881. The van der Waals surface area contributed by atoms with Gasteiger partial charge in [0.1, 0.15) is 11.3 Å². The number of rotatable bonds is 2. The van der Waals surface area contributed by atoms with Crippen molar-refractivity contribution in [2.75, 3.05) is 7.11 Å². The predicted molar refractivity (Wildman–Crippen MR) is 67.8 cm³/mol. The van der Waals surface area contributed by atoms with E-state index in [1.165, 1.54) is 0 Å². The fraction of sp³-hybridized carbons (Fsp3) is 0.357. The number of methoxy groups -OCH3 is 1. The Hall–Kier alpha value is -1.97. The van der Waals surface area contributed by atoms with E-state index in [1.54, 1.807) is 20.3 Å². The summed E-state index contributed by atoms with van der Waals surface area (Å²) in [4.78, 5) is 11.2. The summed E-state index contributed by atoms with van der Waals surface area (Å²) >= 11 is 0. The van der Waals surface area contributed by atoms with Gasteiger partial charge in [-0.2, -0.15) is 0 Å². The third-order valence-corrected chi connectivity index (χ3v) is 3.43. The second-order valence-electron chi connectivity index (χ2n) is 4.69. The highest BCUT2D eigenvalue weighted by molar-refractivity contribution is 5.88. The smallest absolute Gasteiger partial charge is 0.217 e. The number of furan rings is 1. The number of hydrogen-bond acceptors (Lipinski definition) is 3. The fourth-order valence-corrected chi connectivity index (χ4v) is 2.77. The molecule has 4 heteroatoms. The number of benzene rings is 1. The van der Waals surface area contributed by atoms with Gasteiger partial charge in [0.2, 0.25) is 5.91 Å². The van der Waals surface area contributed by atoms with E-state index in [0.717, 1.165) is 40.7 Å². The predicted octanol–water partition coefficient (Wildman–Crippen LogP) is 2.04. The summed E-state index contributed by atoms with van der Waals surface area (Å²) in [6.07, 6.45) is 3.38. The van der Waals surface area contributed by atoms with Crippen molar-refractivity contribution >= 4 is 16.9 Å². The summed E-state index contributed by atoms with van der Waals surface area (Å²) in [5.74, 6) is 0.860. The van der Waals surface area contributed by atoms with Gasteiger partial charge in [-0.05, 0) is 25.0 Å². The number of amides is 1. The van der Waals surface area contributed by atoms with Crippen LogP contribution < -0.4 is 10.1 Å². The minimum Gasteiger partial charge on any atom is -0.496 e. The lowest BCUT2D eigenvalue weighted by atomic mass is 9.88. The molecule has 0 fully saturated rings. The van der Waals surface area contributed by atoms with Gasteiger partial charge in [-0.25, -0.2) is 0 Å². The van der Waals surface area contributed by atoms with E-state index in [4.69, 9.17) is 9.15 Å². The molecule has 1 atom stereocenters. The van der Waals surface area contributed by atoms with Crippen LogP contribution in [0.1, 0.15) is 18.1 Å². The minimum atomic E-state index is -0.00177. The SMILES string of the molecule is COc1ccc2occ3c2c1CC(NC(C)=O)C3. The van der Waals surface area contributed by atoms with E-state index >= 15 is 0 Å². The zero-order valence-corrected chi connectivity index (χ0v) is 10.4. The van der Waals surface area contributed by atoms with Crippen LogP contribution in [0, 0.1) is 0 Å². The average Bonchev–Trinajstić information content (AvgIpc) is 2.73. The molecule has 18 heavy (non-hydrogen) atoms. The first-order chi connectivity index (χ1) is 8.69. The number of carbonyl (C=O) groups is 1. The van der Waals surface area contributed by atoms with Crippen molar-refractivity contribution in [3.8, 4) is 5.75 Å². The highest BCUT2D eigenvalue weighted by Crippen LogP contribution is 2.36. The Morgan fingerprint density at radius 2 is 2.28 bits per heavy atom. The zero-order chi connectivity index (χ0) is 12.7. The van der Waals surface area contributed by atoms with E-state index in [0.29, 0.717) is 0 Å². The molecule has 1 aromatic heterocycles. The minimum absolute atomic E-state index is 0.00177. The van der Waals surface area contributed by atoms with Crippen LogP contribution in [-0.4, -0.2) is 19.1 Å². The number of hydrogen-bond donors (Lipinski definition) is 1. The lowest BCUT2D eigenvalue weighted by molar-refractivity contribution is -0.119. The molecule has 0 saturated carbocycles. The molecular formula is C14H15NO3. The molecular weight excluding hydrogens is 230 g/mol. The van der Waals surface area contributed by atoms with E-state index in [9.17, 15) is 4.79 Å². The molecule has 0 saturated heterocycles. The molecule has 94 valence electrons. The molecule has 3 rings (SSSR count). The van der Waals surface area contributed by atoms with Crippen LogP contribution >= 0.6 is 0 Å². The highest BCUT2D eigenvalue weighted by atomic mass is 16.5. The summed E-state index contributed by atoms with van der Waals surface area (Å²) < 4.78 is 10.9. The maximum Gasteiger partial charge on any atom is 0.217 e. The van der Waals surface area contributed by atoms with Gasteiger partial charge < -0.3 is 14.5 Å². The number of ether oxygens (including phenoxy) is 1. The molecule has 1 N–H and O–H groups in total. The second kappa shape index (κ2) is 4.05. The van der Waals surface area contributed by atoms with Crippen molar-refractivity contribution in [2.24, 2.45) is 0 Å². The molecule has 1 aromatic carbocycles. The van der Waals surface area contributed by atoms with Crippen LogP contribution in [0.4, 0.5) is 0 Å². The van der Waals surface area contributed by atoms with Gasteiger partial charge >= 0.3 is 0 Å². The van der Waals surface area contributed by atoms with Gasteiger partial charge in [0.05, 0.1) is 13.4 Å². The summed E-state index contributed by atoms with van der Waals surface area (Å²) in [7, 11) is 1.67. The topological polar surface area (TPSA) is 51.5 Å². The van der Waals surface area contributed by atoms with Crippen molar-refractivity contribution in [1.29, 1.82) is 0 Å². The highest BCUT2D eigenvalue weighted by Gasteiger charge is 2.25. The van der Waals surface area contributed by atoms with Gasteiger partial charge in [-0.15, -0.1) is 0 Å². The van der Waals surface area contributed by atoms with Gasteiger partial charge in [-0.3, -0.25) is 4.79 Å². The van der Waals surface area contributed by atoms with E-state index in [1.807, 2.05) is 12.1 Å². The van der Waals surface area contributed by atoms with E-state index in [-0.39, 0.29) is 11.9 Å². The Morgan fingerprint density at radius 3 is 3.00 bits per heavy atom. The van der Waals surface area contributed by atoms with Crippen molar-refractivity contribution in [3.63, 3.8) is 0 Å². The summed E-state index contributed by atoms with van der Waals surface area (Å²) in [6, 6.07) is 3.97. The molecule has 1 amide bonds. The fourth-order valence-electron chi connectivity index (χ4n) is 2.77. The molecule has 1 aliphatic rings. The van der Waals surface area contributed by atoms with Gasteiger partial charge in [0.25, 0.3) is 0 Å². The lowest BCUT2D eigenvalue weighted by Gasteiger charge is -2.24. The first-order valence-corrected chi connectivity index (χ1v) is 6.02. The van der Waals surface area contributed by atoms with Crippen molar-refractivity contribution < 1.29 is 13.9 Å². The molecule has 1 heterocycles. The Kier molecular flexibility index (Phi) is 2.51. The first-order valence-electron chi connectivity index (χ1n) is 6.02. The first kappa shape index (κ1) is 11.1. The lowest BCUT2D eigenvalue weighted by Crippen LogP contribution is -2.38. The third-order valence-electron chi connectivity index (χ3n) is 3.43. The Balaban J connectivity index is 2.09. The Labute approximate surface area is 105 Å². The van der Waals surface area contributed by atoms with Crippen molar-refractivity contribution in [1.82, 2.24) is 5.32 Å². The van der Waals surface area contributed by atoms with Crippen LogP contribution in [0.5, 0.6) is 5.75 Å². The van der Waals surface area contributed by atoms with Crippen LogP contribution in [-0.2, 0) is 17.6 Å². The molecule has 2 aromatic rings.